The number of aromatic hydroxyl groups is 1. The Kier molecular flexibility index (Phi) is 4.84. The Hall–Kier alpha value is -1.33. The Bertz CT molecular complexity index is 570. The van der Waals surface area contributed by atoms with Crippen molar-refractivity contribution in [3.63, 3.8) is 0 Å². The molecule has 1 aliphatic carbocycles. The average Bonchev–Trinajstić information content (AvgIpc) is 3.05. The van der Waals surface area contributed by atoms with E-state index in [9.17, 15) is 15.0 Å². The Morgan fingerprint density at radius 3 is 2.41 bits per heavy atom. The number of nitrogens with zero attached hydrogens (tertiary/aromatic N) is 2. The van der Waals surface area contributed by atoms with E-state index in [2.05, 4.69) is 9.47 Å². The molecule has 0 amide bonds. The van der Waals surface area contributed by atoms with Gasteiger partial charge in [0, 0.05) is 24.3 Å². The van der Waals surface area contributed by atoms with E-state index in [1.807, 2.05) is 0 Å². The van der Waals surface area contributed by atoms with Gasteiger partial charge in [-0.2, -0.15) is 0 Å². The predicted octanol–water partition coefficient (Wildman–Crippen LogP) is 2.15. The molecule has 0 atom stereocenters. The Morgan fingerprint density at radius 2 is 1.77 bits per heavy atom. The number of hydrogen-bond donors (Lipinski definition) is 2. The van der Waals surface area contributed by atoms with Crippen molar-refractivity contribution in [1.29, 1.82) is 0 Å². The molecular weight excluding hydrogens is 280 g/mol. The molecule has 2 fully saturated rings. The number of aliphatic hydroxyl groups excluding tert-OH is 1. The van der Waals surface area contributed by atoms with Crippen molar-refractivity contribution >= 4 is 0 Å². The molecule has 1 saturated carbocycles. The number of rotatable bonds is 4. The minimum Gasteiger partial charge on any atom is -0.503 e. The molecule has 5 heteroatoms. The van der Waals surface area contributed by atoms with Crippen molar-refractivity contribution in [3.8, 4) is 5.75 Å². The molecule has 0 bridgehead atoms. The van der Waals surface area contributed by atoms with Crippen LogP contribution in [0.4, 0.5) is 0 Å². The molecule has 1 aliphatic heterocycles. The van der Waals surface area contributed by atoms with Crippen molar-refractivity contribution in [1.82, 2.24) is 9.47 Å². The first kappa shape index (κ1) is 15.6. The van der Waals surface area contributed by atoms with Gasteiger partial charge in [-0.15, -0.1) is 0 Å². The number of likely N-dealkylation sites (tertiary alicyclic amines) is 1. The summed E-state index contributed by atoms with van der Waals surface area (Å²) >= 11 is 0. The van der Waals surface area contributed by atoms with Gasteiger partial charge in [-0.05, 0) is 38.8 Å². The lowest BCUT2D eigenvalue weighted by atomic mass is 9.94. The van der Waals surface area contributed by atoms with Crippen LogP contribution in [0.15, 0.2) is 10.9 Å². The summed E-state index contributed by atoms with van der Waals surface area (Å²) in [7, 11) is 0. The highest BCUT2D eigenvalue weighted by Crippen LogP contribution is 2.32. The van der Waals surface area contributed by atoms with Crippen molar-refractivity contribution in [2.45, 2.75) is 64.1 Å². The van der Waals surface area contributed by atoms with E-state index in [1.165, 1.54) is 38.2 Å². The topological polar surface area (TPSA) is 65.7 Å². The lowest BCUT2D eigenvalue weighted by Gasteiger charge is -2.31. The van der Waals surface area contributed by atoms with E-state index in [4.69, 9.17) is 0 Å². The van der Waals surface area contributed by atoms with Gasteiger partial charge in [0.25, 0.3) is 0 Å². The minimum atomic E-state index is -0.370. The van der Waals surface area contributed by atoms with Crippen LogP contribution in [0, 0.1) is 0 Å². The monoisotopic (exact) mass is 306 g/mol. The van der Waals surface area contributed by atoms with E-state index in [0.717, 1.165) is 25.9 Å². The maximum absolute atomic E-state index is 12.0. The highest BCUT2D eigenvalue weighted by atomic mass is 16.3. The van der Waals surface area contributed by atoms with Crippen LogP contribution in [0.2, 0.25) is 0 Å². The number of aromatic nitrogens is 1. The van der Waals surface area contributed by atoms with Crippen LogP contribution in [0.5, 0.6) is 5.75 Å². The molecule has 0 aromatic carbocycles. The molecule has 1 aromatic rings. The number of pyridine rings is 1. The predicted molar refractivity (Wildman–Crippen MR) is 84.9 cm³/mol. The standard InChI is InChI=1S/C17H26N2O3/c20-12-14-10-16(21)17(22)15(11-18-8-4-5-9-18)19(14)13-6-2-1-3-7-13/h10,13,20,22H,1-9,11-12H2. The van der Waals surface area contributed by atoms with Gasteiger partial charge >= 0.3 is 0 Å². The van der Waals surface area contributed by atoms with Crippen LogP contribution < -0.4 is 5.43 Å². The van der Waals surface area contributed by atoms with Gasteiger partial charge in [0.15, 0.2) is 5.75 Å². The summed E-state index contributed by atoms with van der Waals surface area (Å²) in [5.74, 6) is -0.130. The molecular formula is C17H26N2O3. The second-order valence-corrected chi connectivity index (χ2v) is 6.60. The summed E-state index contributed by atoms with van der Waals surface area (Å²) in [6.45, 7) is 2.48. The van der Waals surface area contributed by atoms with Gasteiger partial charge in [-0.3, -0.25) is 9.69 Å². The third-order valence-electron chi connectivity index (χ3n) is 5.08. The largest absolute Gasteiger partial charge is 0.503 e. The van der Waals surface area contributed by atoms with Crippen molar-refractivity contribution in [3.05, 3.63) is 27.7 Å². The lowest BCUT2D eigenvalue weighted by molar-refractivity contribution is 0.240. The number of hydrogen-bond acceptors (Lipinski definition) is 4. The van der Waals surface area contributed by atoms with Crippen molar-refractivity contribution < 1.29 is 10.2 Å². The van der Waals surface area contributed by atoms with Crippen LogP contribution in [-0.4, -0.2) is 32.8 Å². The first-order valence-corrected chi connectivity index (χ1v) is 8.50. The molecule has 3 rings (SSSR count). The van der Waals surface area contributed by atoms with Gasteiger partial charge in [0.1, 0.15) is 0 Å². The van der Waals surface area contributed by atoms with Crippen LogP contribution in [0.1, 0.15) is 62.4 Å². The normalized spacial score (nSPS) is 20.6. The molecule has 5 nitrogen and oxygen atoms in total. The van der Waals surface area contributed by atoms with Gasteiger partial charge < -0.3 is 14.8 Å². The summed E-state index contributed by atoms with van der Waals surface area (Å²) in [5.41, 5.74) is 0.972. The van der Waals surface area contributed by atoms with Crippen LogP contribution >= 0.6 is 0 Å². The van der Waals surface area contributed by atoms with Crippen molar-refractivity contribution in [2.75, 3.05) is 13.1 Å². The van der Waals surface area contributed by atoms with E-state index in [1.54, 1.807) is 0 Å². The van der Waals surface area contributed by atoms with E-state index >= 15 is 0 Å². The summed E-state index contributed by atoms with van der Waals surface area (Å²) in [6.07, 6.45) is 8.06. The van der Waals surface area contributed by atoms with E-state index in [0.29, 0.717) is 24.0 Å². The molecule has 2 aliphatic rings. The van der Waals surface area contributed by atoms with Gasteiger partial charge in [-0.25, -0.2) is 0 Å². The zero-order chi connectivity index (χ0) is 15.5. The quantitative estimate of drug-likeness (QED) is 0.894. The molecule has 1 saturated heterocycles. The third-order valence-corrected chi connectivity index (χ3v) is 5.08. The maximum Gasteiger partial charge on any atom is 0.223 e. The lowest BCUT2D eigenvalue weighted by Crippen LogP contribution is -2.28. The fourth-order valence-electron chi connectivity index (χ4n) is 3.94. The highest BCUT2D eigenvalue weighted by molar-refractivity contribution is 5.31. The Morgan fingerprint density at radius 1 is 1.09 bits per heavy atom. The maximum atomic E-state index is 12.0. The van der Waals surface area contributed by atoms with Crippen molar-refractivity contribution in [2.24, 2.45) is 0 Å². The molecule has 2 heterocycles. The fraction of sp³-hybridized carbons (Fsp3) is 0.706. The number of aliphatic hydroxyl groups is 1. The molecule has 0 spiro atoms. The molecule has 0 unspecified atom stereocenters. The summed E-state index contributed by atoms with van der Waals surface area (Å²) in [6, 6.07) is 1.69. The van der Waals surface area contributed by atoms with E-state index in [-0.39, 0.29) is 17.8 Å². The summed E-state index contributed by atoms with van der Waals surface area (Å²) < 4.78 is 2.06. The summed E-state index contributed by atoms with van der Waals surface area (Å²) in [4.78, 5) is 14.3. The average molecular weight is 306 g/mol. The summed E-state index contributed by atoms with van der Waals surface area (Å²) in [5, 5.41) is 20.0. The molecule has 0 radical (unpaired) electrons. The Balaban J connectivity index is 2.02. The first-order valence-electron chi connectivity index (χ1n) is 8.50. The smallest absolute Gasteiger partial charge is 0.223 e. The zero-order valence-corrected chi connectivity index (χ0v) is 13.1. The molecule has 1 aromatic heterocycles. The van der Waals surface area contributed by atoms with Crippen LogP contribution in [0.3, 0.4) is 0 Å². The second kappa shape index (κ2) is 6.84. The van der Waals surface area contributed by atoms with Gasteiger partial charge in [0.05, 0.1) is 12.3 Å². The van der Waals surface area contributed by atoms with Gasteiger partial charge in [-0.1, -0.05) is 19.3 Å². The molecule has 2 N–H and O–H groups in total. The van der Waals surface area contributed by atoms with E-state index < -0.39 is 0 Å². The van der Waals surface area contributed by atoms with Crippen LogP contribution in [-0.2, 0) is 13.2 Å². The van der Waals surface area contributed by atoms with Gasteiger partial charge in [0.2, 0.25) is 5.43 Å². The fourth-order valence-corrected chi connectivity index (χ4v) is 3.94. The molecule has 122 valence electrons. The first-order chi connectivity index (χ1) is 10.7. The third kappa shape index (κ3) is 3.06. The second-order valence-electron chi connectivity index (χ2n) is 6.60. The zero-order valence-electron chi connectivity index (χ0n) is 13.1. The van der Waals surface area contributed by atoms with Crippen LogP contribution in [0.25, 0.3) is 0 Å². The SMILES string of the molecule is O=c1cc(CO)n(C2CCCCC2)c(CN2CCCC2)c1O. The Labute approximate surface area is 131 Å². The molecule has 22 heavy (non-hydrogen) atoms. The highest BCUT2D eigenvalue weighted by Gasteiger charge is 2.25. The minimum absolute atomic E-state index is 0.130.